The first-order valence-electron chi connectivity index (χ1n) is 11.3. The van der Waals surface area contributed by atoms with E-state index in [1.165, 1.54) is 34.1 Å². The van der Waals surface area contributed by atoms with Crippen LogP contribution in [0.25, 0.3) is 10.8 Å². The average Bonchev–Trinajstić information content (AvgIpc) is 2.85. The lowest BCUT2D eigenvalue weighted by Gasteiger charge is -2.21. The lowest BCUT2D eigenvalue weighted by atomic mass is 10.0. The molecule has 0 aliphatic heterocycles. The van der Waals surface area contributed by atoms with E-state index in [0.29, 0.717) is 10.8 Å². The summed E-state index contributed by atoms with van der Waals surface area (Å²) in [6.07, 6.45) is -1.56. The summed E-state index contributed by atoms with van der Waals surface area (Å²) < 4.78 is 32.6. The molecule has 10 heteroatoms. The molecule has 2 rings (SSSR count). The Balaban J connectivity index is 2.38. The van der Waals surface area contributed by atoms with E-state index in [-0.39, 0.29) is 54.6 Å². The van der Waals surface area contributed by atoms with Crippen molar-refractivity contribution < 1.29 is 47.9 Å². The van der Waals surface area contributed by atoms with Gasteiger partial charge in [0.25, 0.3) is 0 Å². The van der Waals surface area contributed by atoms with E-state index in [9.17, 15) is 19.5 Å². The second-order valence-electron chi connectivity index (χ2n) is 8.25. The van der Waals surface area contributed by atoms with Crippen molar-refractivity contribution in [3.8, 4) is 11.5 Å². The average molecular weight is 517 g/mol. The van der Waals surface area contributed by atoms with Gasteiger partial charge in [0.2, 0.25) is 0 Å². The highest BCUT2D eigenvalue weighted by atomic mass is 16.6. The Labute approximate surface area is 215 Å². The van der Waals surface area contributed by atoms with Crippen LogP contribution in [0.3, 0.4) is 0 Å². The van der Waals surface area contributed by atoms with Gasteiger partial charge in [-0.1, -0.05) is 37.4 Å². The molecule has 2 unspecified atom stereocenters. The van der Waals surface area contributed by atoms with Gasteiger partial charge >= 0.3 is 17.9 Å². The Kier molecular flexibility index (Phi) is 11.1. The van der Waals surface area contributed by atoms with Gasteiger partial charge in [0.1, 0.15) is 30.3 Å². The molecule has 0 saturated carbocycles. The number of carboxylic acid groups (broad SMARTS) is 1. The SMILES string of the molecule is C=C(C)C(=O)OC(COC)COc1cc(C(=O)O)c(OCC(COC)OC(=O)C(=C)C)c2ccccc12. The Morgan fingerprint density at radius 2 is 1.30 bits per heavy atom. The highest BCUT2D eigenvalue weighted by Crippen LogP contribution is 2.37. The highest BCUT2D eigenvalue weighted by Gasteiger charge is 2.23. The molecule has 10 nitrogen and oxygen atoms in total. The van der Waals surface area contributed by atoms with Crippen molar-refractivity contribution in [3.63, 3.8) is 0 Å². The summed E-state index contributed by atoms with van der Waals surface area (Å²) in [6.45, 7) is 9.98. The zero-order chi connectivity index (χ0) is 27.5. The van der Waals surface area contributed by atoms with Crippen molar-refractivity contribution >= 4 is 28.7 Å². The fraction of sp³-hybridized carbons (Fsp3) is 0.370. The minimum atomic E-state index is -1.25. The normalized spacial score (nSPS) is 12.3. The number of carboxylic acids is 1. The molecule has 200 valence electrons. The number of methoxy groups -OCH3 is 2. The predicted molar refractivity (Wildman–Crippen MR) is 135 cm³/mol. The van der Waals surface area contributed by atoms with E-state index in [1.54, 1.807) is 24.3 Å². The lowest BCUT2D eigenvalue weighted by Crippen LogP contribution is -2.30. The summed E-state index contributed by atoms with van der Waals surface area (Å²) in [5, 5.41) is 10.9. The molecule has 0 bridgehead atoms. The van der Waals surface area contributed by atoms with E-state index in [1.807, 2.05) is 0 Å². The number of hydrogen-bond acceptors (Lipinski definition) is 9. The number of aromatic carboxylic acids is 1. The summed E-state index contributed by atoms with van der Waals surface area (Å²) in [4.78, 5) is 36.1. The number of esters is 2. The topological polar surface area (TPSA) is 127 Å². The smallest absolute Gasteiger partial charge is 0.339 e. The van der Waals surface area contributed by atoms with Gasteiger partial charge in [0, 0.05) is 36.1 Å². The Hall–Kier alpha value is -3.89. The summed E-state index contributed by atoms with van der Waals surface area (Å²) in [5.74, 6) is -2.14. The fourth-order valence-corrected chi connectivity index (χ4v) is 3.22. The maximum atomic E-state index is 12.2. The van der Waals surface area contributed by atoms with Gasteiger partial charge in [-0.25, -0.2) is 14.4 Å². The first kappa shape index (κ1) is 29.3. The number of hydrogen-bond donors (Lipinski definition) is 1. The quantitative estimate of drug-likeness (QED) is 0.277. The lowest BCUT2D eigenvalue weighted by molar-refractivity contribution is -0.149. The van der Waals surface area contributed by atoms with Gasteiger partial charge in [0.15, 0.2) is 12.2 Å². The van der Waals surface area contributed by atoms with Gasteiger partial charge in [-0.2, -0.15) is 0 Å². The van der Waals surface area contributed by atoms with Crippen molar-refractivity contribution in [2.75, 3.05) is 40.6 Å². The second-order valence-corrected chi connectivity index (χ2v) is 8.25. The first-order valence-corrected chi connectivity index (χ1v) is 11.3. The number of carbonyl (C=O) groups is 3. The summed E-state index contributed by atoms with van der Waals surface area (Å²) in [5.41, 5.74) is 0.264. The van der Waals surface area contributed by atoms with Crippen LogP contribution >= 0.6 is 0 Å². The van der Waals surface area contributed by atoms with Gasteiger partial charge in [-0.05, 0) is 19.9 Å². The second kappa shape index (κ2) is 14.0. The van der Waals surface area contributed by atoms with Crippen LogP contribution < -0.4 is 9.47 Å². The van der Waals surface area contributed by atoms with E-state index in [2.05, 4.69) is 13.2 Å². The molecular weight excluding hydrogens is 484 g/mol. The zero-order valence-electron chi connectivity index (χ0n) is 21.4. The molecule has 0 aliphatic rings. The Bertz CT molecular complexity index is 1150. The number of fused-ring (bicyclic) bond motifs is 1. The standard InChI is InChI=1S/C27H32O10/c1-16(2)26(30)36-18(12-32-5)14-34-23-11-22(25(28)29)24(21-10-8-7-9-20(21)23)35-15-19(13-33-6)37-27(31)17(3)4/h7-11,18-19H,1,3,12-15H2,2,4-6H3,(H,28,29). The van der Waals surface area contributed by atoms with Crippen molar-refractivity contribution in [3.05, 3.63) is 60.2 Å². The molecule has 0 spiro atoms. The zero-order valence-corrected chi connectivity index (χ0v) is 21.4. The van der Waals surface area contributed by atoms with Gasteiger partial charge in [-0.3, -0.25) is 0 Å². The summed E-state index contributed by atoms with van der Waals surface area (Å²) in [7, 11) is 2.90. The molecule has 0 amide bonds. The molecule has 2 aromatic rings. The molecule has 2 aromatic carbocycles. The summed E-state index contributed by atoms with van der Waals surface area (Å²) in [6, 6.07) is 8.23. The van der Waals surface area contributed by atoms with Crippen LogP contribution in [0, 0.1) is 0 Å². The molecule has 0 radical (unpaired) electrons. The first-order chi connectivity index (χ1) is 17.6. The van der Waals surface area contributed by atoms with Crippen LogP contribution in [0.15, 0.2) is 54.6 Å². The third kappa shape index (κ3) is 8.33. The number of carbonyl (C=O) groups excluding carboxylic acids is 2. The van der Waals surface area contributed by atoms with Crippen LogP contribution in [0.5, 0.6) is 11.5 Å². The number of ether oxygens (including phenoxy) is 6. The molecule has 0 aliphatic carbocycles. The minimum absolute atomic E-state index is 0.0321. The number of benzene rings is 2. The largest absolute Gasteiger partial charge is 0.489 e. The van der Waals surface area contributed by atoms with E-state index in [0.717, 1.165) is 0 Å². The Morgan fingerprint density at radius 3 is 1.76 bits per heavy atom. The molecule has 0 aromatic heterocycles. The van der Waals surface area contributed by atoms with E-state index < -0.39 is 30.1 Å². The Morgan fingerprint density at radius 1 is 0.811 bits per heavy atom. The van der Waals surface area contributed by atoms with E-state index >= 15 is 0 Å². The third-order valence-corrected chi connectivity index (χ3v) is 4.98. The molecule has 2 atom stereocenters. The van der Waals surface area contributed by atoms with Crippen LogP contribution in [0.1, 0.15) is 24.2 Å². The van der Waals surface area contributed by atoms with Crippen molar-refractivity contribution in [1.82, 2.24) is 0 Å². The van der Waals surface area contributed by atoms with Crippen LogP contribution in [0.4, 0.5) is 0 Å². The predicted octanol–water partition coefficient (Wildman–Crippen LogP) is 3.56. The third-order valence-electron chi connectivity index (χ3n) is 4.98. The van der Waals surface area contributed by atoms with Gasteiger partial charge < -0.3 is 33.5 Å². The van der Waals surface area contributed by atoms with Crippen molar-refractivity contribution in [2.45, 2.75) is 26.1 Å². The monoisotopic (exact) mass is 516 g/mol. The van der Waals surface area contributed by atoms with Crippen LogP contribution in [-0.4, -0.2) is 75.9 Å². The maximum absolute atomic E-state index is 12.2. The van der Waals surface area contributed by atoms with Gasteiger partial charge in [0.05, 0.1) is 13.2 Å². The molecule has 0 saturated heterocycles. The fourth-order valence-electron chi connectivity index (χ4n) is 3.22. The molecular formula is C27H32O10. The highest BCUT2D eigenvalue weighted by molar-refractivity contribution is 6.03. The van der Waals surface area contributed by atoms with E-state index in [4.69, 9.17) is 28.4 Å². The molecule has 0 heterocycles. The maximum Gasteiger partial charge on any atom is 0.339 e. The number of rotatable bonds is 15. The van der Waals surface area contributed by atoms with Crippen molar-refractivity contribution in [2.24, 2.45) is 0 Å². The van der Waals surface area contributed by atoms with Gasteiger partial charge in [-0.15, -0.1) is 0 Å². The molecule has 1 N–H and O–H groups in total. The molecule has 37 heavy (non-hydrogen) atoms. The van der Waals surface area contributed by atoms with Crippen LogP contribution in [-0.2, 0) is 28.5 Å². The minimum Gasteiger partial charge on any atom is -0.489 e. The summed E-state index contributed by atoms with van der Waals surface area (Å²) >= 11 is 0. The molecule has 0 fully saturated rings. The van der Waals surface area contributed by atoms with Crippen molar-refractivity contribution in [1.29, 1.82) is 0 Å². The van der Waals surface area contributed by atoms with Crippen LogP contribution in [0.2, 0.25) is 0 Å².